The Morgan fingerprint density at radius 2 is 1.76 bits per heavy atom. The van der Waals surface area contributed by atoms with Gasteiger partial charge in [-0.3, -0.25) is 4.79 Å². The molecule has 2 aliphatic heterocycles. The van der Waals surface area contributed by atoms with E-state index in [1.807, 2.05) is 42.5 Å². The summed E-state index contributed by atoms with van der Waals surface area (Å²) in [6.07, 6.45) is 0.776. The Bertz CT molecular complexity index is 1110. The third-order valence-corrected chi connectivity index (χ3v) is 7.20. The van der Waals surface area contributed by atoms with Crippen LogP contribution in [-0.2, 0) is 4.74 Å². The fourth-order valence-corrected chi connectivity index (χ4v) is 5.38. The molecule has 0 aliphatic carbocycles. The van der Waals surface area contributed by atoms with Crippen LogP contribution in [0.25, 0.3) is 11.1 Å². The van der Waals surface area contributed by atoms with E-state index in [0.29, 0.717) is 31.3 Å². The molecule has 1 amide bonds. The SMILES string of the molecule is CCC(NC(=O)c1cc(-c2ccccc2)c(N2CCOCC2)s1)c1ccc2c(c1)OCCO2. The monoisotopic (exact) mass is 464 g/mol. The molecular formula is C26H28N2O4S. The summed E-state index contributed by atoms with van der Waals surface area (Å²) in [6, 6.07) is 18.1. The normalized spacial score (nSPS) is 16.3. The highest BCUT2D eigenvalue weighted by Gasteiger charge is 2.24. The van der Waals surface area contributed by atoms with Gasteiger partial charge in [0.25, 0.3) is 5.91 Å². The van der Waals surface area contributed by atoms with Crippen LogP contribution in [0.1, 0.15) is 34.6 Å². The number of nitrogens with one attached hydrogen (secondary N) is 1. The summed E-state index contributed by atoms with van der Waals surface area (Å²) < 4.78 is 16.9. The molecule has 0 spiro atoms. The molecule has 1 saturated heterocycles. The number of nitrogens with zero attached hydrogens (tertiary/aromatic N) is 1. The predicted molar refractivity (Wildman–Crippen MR) is 131 cm³/mol. The van der Waals surface area contributed by atoms with Crippen molar-refractivity contribution in [3.8, 4) is 22.6 Å². The highest BCUT2D eigenvalue weighted by atomic mass is 32.1. The molecule has 1 N–H and O–H groups in total. The van der Waals surface area contributed by atoms with E-state index in [2.05, 4.69) is 29.3 Å². The minimum Gasteiger partial charge on any atom is -0.486 e. The van der Waals surface area contributed by atoms with Gasteiger partial charge in [-0.1, -0.05) is 43.3 Å². The van der Waals surface area contributed by atoms with Gasteiger partial charge in [-0.25, -0.2) is 0 Å². The van der Waals surface area contributed by atoms with Crippen LogP contribution in [0.5, 0.6) is 11.5 Å². The molecule has 7 heteroatoms. The molecule has 3 heterocycles. The number of ether oxygens (including phenoxy) is 3. The Labute approximate surface area is 198 Å². The first-order valence-corrected chi connectivity index (χ1v) is 12.3. The second kappa shape index (κ2) is 9.85. The number of amides is 1. The van der Waals surface area contributed by atoms with Crippen molar-refractivity contribution in [2.75, 3.05) is 44.4 Å². The zero-order valence-electron chi connectivity index (χ0n) is 18.7. The summed E-state index contributed by atoms with van der Waals surface area (Å²) in [5, 5.41) is 4.36. The molecule has 1 fully saturated rings. The number of rotatable bonds is 6. The van der Waals surface area contributed by atoms with E-state index in [4.69, 9.17) is 14.2 Å². The third kappa shape index (κ3) is 4.70. The third-order valence-electron chi connectivity index (χ3n) is 6.00. The fourth-order valence-electron chi connectivity index (χ4n) is 4.25. The first-order chi connectivity index (χ1) is 16.2. The number of carbonyl (C=O) groups excluding carboxylic acids is 1. The summed E-state index contributed by atoms with van der Waals surface area (Å²) in [4.78, 5) is 16.4. The molecule has 1 atom stereocenters. The van der Waals surface area contributed by atoms with Crippen LogP contribution in [0, 0.1) is 0 Å². The maximum absolute atomic E-state index is 13.4. The molecule has 172 valence electrons. The largest absolute Gasteiger partial charge is 0.486 e. The zero-order valence-corrected chi connectivity index (χ0v) is 19.5. The zero-order chi connectivity index (χ0) is 22.6. The lowest BCUT2D eigenvalue weighted by molar-refractivity contribution is 0.0939. The van der Waals surface area contributed by atoms with Crippen molar-refractivity contribution in [3.63, 3.8) is 0 Å². The summed E-state index contributed by atoms with van der Waals surface area (Å²) in [6.45, 7) is 6.25. The minimum atomic E-state index is -0.109. The van der Waals surface area contributed by atoms with Crippen LogP contribution in [0.3, 0.4) is 0 Å². The molecule has 3 aromatic rings. The number of thiophene rings is 1. The number of fused-ring (bicyclic) bond motifs is 1. The number of anilines is 1. The van der Waals surface area contributed by atoms with Crippen molar-refractivity contribution in [1.82, 2.24) is 5.32 Å². The van der Waals surface area contributed by atoms with E-state index in [0.717, 1.165) is 52.7 Å². The number of morpholine rings is 1. The first-order valence-electron chi connectivity index (χ1n) is 11.5. The van der Waals surface area contributed by atoms with Gasteiger partial charge in [0.15, 0.2) is 11.5 Å². The van der Waals surface area contributed by atoms with Crippen LogP contribution in [0.15, 0.2) is 54.6 Å². The molecular weight excluding hydrogens is 436 g/mol. The van der Waals surface area contributed by atoms with Gasteiger partial charge in [-0.2, -0.15) is 0 Å². The summed E-state index contributed by atoms with van der Waals surface area (Å²) in [7, 11) is 0. The van der Waals surface area contributed by atoms with E-state index in [9.17, 15) is 4.79 Å². The van der Waals surface area contributed by atoms with Crippen molar-refractivity contribution < 1.29 is 19.0 Å². The molecule has 33 heavy (non-hydrogen) atoms. The maximum Gasteiger partial charge on any atom is 0.261 e. The average Bonchev–Trinajstić information content (AvgIpc) is 3.34. The van der Waals surface area contributed by atoms with Crippen LogP contribution in [0.4, 0.5) is 5.00 Å². The maximum atomic E-state index is 13.4. The Morgan fingerprint density at radius 3 is 2.52 bits per heavy atom. The Balaban J connectivity index is 1.41. The number of hydrogen-bond acceptors (Lipinski definition) is 6. The molecule has 0 bridgehead atoms. The van der Waals surface area contributed by atoms with E-state index < -0.39 is 0 Å². The number of hydrogen-bond donors (Lipinski definition) is 1. The van der Waals surface area contributed by atoms with E-state index >= 15 is 0 Å². The molecule has 2 aliphatic rings. The highest BCUT2D eigenvalue weighted by Crippen LogP contribution is 2.40. The molecule has 0 saturated carbocycles. The summed E-state index contributed by atoms with van der Waals surface area (Å²) in [5.41, 5.74) is 3.23. The van der Waals surface area contributed by atoms with Gasteiger partial charge in [-0.05, 0) is 35.7 Å². The molecule has 6 nitrogen and oxygen atoms in total. The summed E-state index contributed by atoms with van der Waals surface area (Å²) in [5.74, 6) is 1.44. The fraction of sp³-hybridized carbons (Fsp3) is 0.346. The lowest BCUT2D eigenvalue weighted by atomic mass is 10.0. The van der Waals surface area contributed by atoms with Gasteiger partial charge in [0.1, 0.15) is 13.2 Å². The van der Waals surface area contributed by atoms with E-state index in [-0.39, 0.29) is 11.9 Å². The number of benzene rings is 2. The molecule has 1 aromatic heterocycles. The van der Waals surface area contributed by atoms with Gasteiger partial charge in [-0.15, -0.1) is 11.3 Å². The lowest BCUT2D eigenvalue weighted by Gasteiger charge is -2.28. The second-order valence-electron chi connectivity index (χ2n) is 8.13. The molecule has 0 radical (unpaired) electrons. The van der Waals surface area contributed by atoms with Gasteiger partial charge in [0.2, 0.25) is 0 Å². The Hall–Kier alpha value is -3.03. The minimum absolute atomic E-state index is 0.0570. The topological polar surface area (TPSA) is 60.0 Å². The van der Waals surface area contributed by atoms with Crippen LogP contribution < -0.4 is 19.7 Å². The molecule has 5 rings (SSSR count). The van der Waals surface area contributed by atoms with Crippen molar-refractivity contribution in [3.05, 3.63) is 65.0 Å². The van der Waals surface area contributed by atoms with Crippen molar-refractivity contribution >= 4 is 22.2 Å². The standard InChI is InChI=1S/C26H28N2O4S/c1-2-21(19-8-9-22-23(16-19)32-15-14-31-22)27-25(29)24-17-20(18-6-4-3-5-7-18)26(33-24)28-10-12-30-13-11-28/h3-9,16-17,21H,2,10-15H2,1H3,(H,27,29). The van der Waals surface area contributed by atoms with Crippen molar-refractivity contribution in [2.45, 2.75) is 19.4 Å². The smallest absolute Gasteiger partial charge is 0.261 e. The van der Waals surface area contributed by atoms with E-state index in [1.165, 1.54) is 0 Å². The van der Waals surface area contributed by atoms with Crippen LogP contribution in [0.2, 0.25) is 0 Å². The van der Waals surface area contributed by atoms with Crippen molar-refractivity contribution in [2.24, 2.45) is 0 Å². The average molecular weight is 465 g/mol. The highest BCUT2D eigenvalue weighted by molar-refractivity contribution is 7.18. The lowest BCUT2D eigenvalue weighted by Crippen LogP contribution is -2.35. The Morgan fingerprint density at radius 1 is 1.00 bits per heavy atom. The predicted octanol–water partition coefficient (Wildman–Crippen LogP) is 4.90. The van der Waals surface area contributed by atoms with Gasteiger partial charge >= 0.3 is 0 Å². The summed E-state index contributed by atoms with van der Waals surface area (Å²) >= 11 is 1.55. The van der Waals surface area contributed by atoms with Gasteiger partial charge < -0.3 is 24.4 Å². The first kappa shape index (κ1) is 21.8. The van der Waals surface area contributed by atoms with Crippen LogP contribution >= 0.6 is 11.3 Å². The molecule has 2 aromatic carbocycles. The van der Waals surface area contributed by atoms with E-state index in [1.54, 1.807) is 11.3 Å². The van der Waals surface area contributed by atoms with Gasteiger partial charge in [0, 0.05) is 18.7 Å². The Kier molecular flexibility index (Phi) is 6.51. The second-order valence-corrected chi connectivity index (χ2v) is 9.16. The van der Waals surface area contributed by atoms with Crippen LogP contribution in [-0.4, -0.2) is 45.4 Å². The quantitative estimate of drug-likeness (QED) is 0.562. The molecule has 1 unspecified atom stereocenters. The number of carbonyl (C=O) groups is 1. The van der Waals surface area contributed by atoms with Crippen molar-refractivity contribution in [1.29, 1.82) is 0 Å². The van der Waals surface area contributed by atoms with Gasteiger partial charge in [0.05, 0.1) is 29.1 Å².